The van der Waals surface area contributed by atoms with E-state index in [4.69, 9.17) is 4.74 Å². The van der Waals surface area contributed by atoms with Gasteiger partial charge in [-0.3, -0.25) is 0 Å². The van der Waals surface area contributed by atoms with Crippen molar-refractivity contribution in [3.8, 4) is 0 Å². The average Bonchev–Trinajstić information content (AvgIpc) is 2.47. The van der Waals surface area contributed by atoms with Gasteiger partial charge >= 0.3 is 6.18 Å². The second kappa shape index (κ2) is 7.82. The molecule has 2 nitrogen and oxygen atoms in total. The van der Waals surface area contributed by atoms with Crippen LogP contribution in [0.4, 0.5) is 13.2 Å². The summed E-state index contributed by atoms with van der Waals surface area (Å²) in [7, 11) is 0. The summed E-state index contributed by atoms with van der Waals surface area (Å²) in [6, 6.07) is 0.239. The Hall–Kier alpha value is -0.290. The molecular weight excluding hydrogens is 279 g/mol. The normalized spacial score (nSPS) is 30.3. The van der Waals surface area contributed by atoms with Crippen LogP contribution < -0.4 is 5.32 Å². The van der Waals surface area contributed by atoms with Crippen LogP contribution in [0.25, 0.3) is 0 Å². The number of halogens is 3. The van der Waals surface area contributed by atoms with Crippen LogP contribution in [-0.4, -0.2) is 32.0 Å². The Morgan fingerprint density at radius 2 is 1.86 bits per heavy atom. The van der Waals surface area contributed by atoms with E-state index < -0.39 is 12.1 Å². The van der Waals surface area contributed by atoms with Crippen LogP contribution in [0.15, 0.2) is 0 Å². The minimum atomic E-state index is -4.02. The molecule has 3 atom stereocenters. The molecule has 1 saturated heterocycles. The molecular formula is C16H28F3NO. The van der Waals surface area contributed by atoms with Crippen LogP contribution in [0.2, 0.25) is 0 Å². The Morgan fingerprint density at radius 1 is 1.14 bits per heavy atom. The van der Waals surface area contributed by atoms with Gasteiger partial charge in [-0.05, 0) is 56.9 Å². The zero-order valence-corrected chi connectivity index (χ0v) is 12.9. The highest BCUT2D eigenvalue weighted by Crippen LogP contribution is 2.42. The first-order valence-corrected chi connectivity index (χ1v) is 8.38. The Kier molecular flexibility index (Phi) is 6.35. The van der Waals surface area contributed by atoms with Gasteiger partial charge < -0.3 is 10.1 Å². The molecule has 21 heavy (non-hydrogen) atoms. The predicted molar refractivity (Wildman–Crippen MR) is 77.1 cm³/mol. The Labute approximate surface area is 125 Å². The second-order valence-corrected chi connectivity index (χ2v) is 6.62. The van der Waals surface area contributed by atoms with Gasteiger partial charge in [0.2, 0.25) is 0 Å². The smallest absolute Gasteiger partial charge is 0.381 e. The molecule has 2 aliphatic rings. The summed E-state index contributed by atoms with van der Waals surface area (Å²) in [6.45, 7) is 4.49. The van der Waals surface area contributed by atoms with Gasteiger partial charge in [0.25, 0.3) is 0 Å². The van der Waals surface area contributed by atoms with Gasteiger partial charge in [0, 0.05) is 19.3 Å². The van der Waals surface area contributed by atoms with E-state index in [9.17, 15) is 13.2 Å². The predicted octanol–water partition coefficient (Wildman–Crippen LogP) is 4.15. The quantitative estimate of drug-likeness (QED) is 0.824. The summed E-state index contributed by atoms with van der Waals surface area (Å²) in [5, 5.41) is 3.46. The van der Waals surface area contributed by atoms with Gasteiger partial charge in [0.15, 0.2) is 0 Å². The molecule has 1 heterocycles. The van der Waals surface area contributed by atoms with Gasteiger partial charge in [0.1, 0.15) is 0 Å². The molecule has 0 aromatic carbocycles. The lowest BCUT2D eigenvalue weighted by Crippen LogP contribution is -2.42. The number of rotatable bonds is 5. The number of ether oxygens (including phenoxy) is 1. The van der Waals surface area contributed by atoms with Crippen molar-refractivity contribution in [1.82, 2.24) is 5.32 Å². The van der Waals surface area contributed by atoms with E-state index in [0.717, 1.165) is 45.4 Å². The molecule has 0 bridgehead atoms. The molecule has 124 valence electrons. The summed E-state index contributed by atoms with van der Waals surface area (Å²) < 4.78 is 44.3. The third kappa shape index (κ3) is 5.13. The van der Waals surface area contributed by atoms with Crippen molar-refractivity contribution in [1.29, 1.82) is 0 Å². The van der Waals surface area contributed by atoms with Gasteiger partial charge in [-0.1, -0.05) is 13.3 Å². The number of alkyl halides is 3. The third-order valence-corrected chi connectivity index (χ3v) is 5.14. The van der Waals surface area contributed by atoms with E-state index >= 15 is 0 Å². The summed E-state index contributed by atoms with van der Waals surface area (Å²) >= 11 is 0. The van der Waals surface area contributed by atoms with Crippen LogP contribution in [0, 0.1) is 17.8 Å². The molecule has 3 unspecified atom stereocenters. The minimum absolute atomic E-state index is 0.174. The fraction of sp³-hybridized carbons (Fsp3) is 1.00. The molecule has 0 spiro atoms. The second-order valence-electron chi connectivity index (χ2n) is 6.62. The summed E-state index contributed by atoms with van der Waals surface area (Å²) in [4.78, 5) is 0. The molecule has 0 amide bonds. The van der Waals surface area contributed by atoms with Crippen molar-refractivity contribution < 1.29 is 17.9 Å². The van der Waals surface area contributed by atoms with E-state index in [1.807, 2.05) is 6.92 Å². The van der Waals surface area contributed by atoms with Crippen molar-refractivity contribution in [3.05, 3.63) is 0 Å². The molecule has 0 aromatic heterocycles. The lowest BCUT2D eigenvalue weighted by Gasteiger charge is -2.37. The Morgan fingerprint density at radius 3 is 2.48 bits per heavy atom. The average molecular weight is 307 g/mol. The Bertz CT molecular complexity index is 302. The van der Waals surface area contributed by atoms with Crippen LogP contribution >= 0.6 is 0 Å². The Balaban J connectivity index is 1.92. The molecule has 1 aliphatic heterocycles. The molecule has 1 N–H and O–H groups in total. The summed E-state index contributed by atoms with van der Waals surface area (Å²) in [5.74, 6) is -0.311. The van der Waals surface area contributed by atoms with Gasteiger partial charge in [0.05, 0.1) is 5.92 Å². The lowest BCUT2D eigenvalue weighted by molar-refractivity contribution is -0.186. The van der Waals surface area contributed by atoms with E-state index in [2.05, 4.69) is 5.32 Å². The maximum atomic E-state index is 13.0. The van der Waals surface area contributed by atoms with Crippen molar-refractivity contribution in [3.63, 3.8) is 0 Å². The molecule has 2 fully saturated rings. The standard InChI is InChI=1S/C16H28F3NO/c1-2-20-15(10-12-6-8-21-9-7-12)13-4-3-5-14(11-13)16(17,18)19/h12-15,20H,2-11H2,1H3. The van der Waals surface area contributed by atoms with Crippen molar-refractivity contribution in [2.24, 2.45) is 17.8 Å². The maximum absolute atomic E-state index is 13.0. The van der Waals surface area contributed by atoms with Crippen molar-refractivity contribution >= 4 is 0 Å². The third-order valence-electron chi connectivity index (χ3n) is 5.14. The highest BCUT2D eigenvalue weighted by atomic mass is 19.4. The fourth-order valence-corrected chi connectivity index (χ4v) is 3.94. The van der Waals surface area contributed by atoms with Gasteiger partial charge in [-0.25, -0.2) is 0 Å². The summed E-state index contributed by atoms with van der Waals surface area (Å²) in [5.41, 5.74) is 0. The van der Waals surface area contributed by atoms with Crippen LogP contribution in [-0.2, 0) is 4.74 Å². The van der Waals surface area contributed by atoms with Crippen LogP contribution in [0.3, 0.4) is 0 Å². The fourth-order valence-electron chi connectivity index (χ4n) is 3.94. The maximum Gasteiger partial charge on any atom is 0.391 e. The van der Waals surface area contributed by atoms with Gasteiger partial charge in [-0.15, -0.1) is 0 Å². The van der Waals surface area contributed by atoms with E-state index in [1.165, 1.54) is 0 Å². The zero-order chi connectivity index (χ0) is 15.3. The monoisotopic (exact) mass is 307 g/mol. The van der Waals surface area contributed by atoms with Gasteiger partial charge in [-0.2, -0.15) is 13.2 Å². The number of nitrogens with one attached hydrogen (secondary N) is 1. The molecule has 0 radical (unpaired) electrons. The van der Waals surface area contributed by atoms with E-state index in [0.29, 0.717) is 25.2 Å². The zero-order valence-electron chi connectivity index (χ0n) is 12.9. The van der Waals surface area contributed by atoms with Crippen LogP contribution in [0.5, 0.6) is 0 Å². The van der Waals surface area contributed by atoms with Crippen molar-refractivity contribution in [2.75, 3.05) is 19.8 Å². The highest BCUT2D eigenvalue weighted by Gasteiger charge is 2.43. The van der Waals surface area contributed by atoms with Crippen molar-refractivity contribution in [2.45, 2.75) is 64.1 Å². The first-order valence-electron chi connectivity index (χ1n) is 8.38. The van der Waals surface area contributed by atoms with Crippen LogP contribution in [0.1, 0.15) is 51.9 Å². The minimum Gasteiger partial charge on any atom is -0.381 e. The highest BCUT2D eigenvalue weighted by molar-refractivity contribution is 4.86. The molecule has 1 aliphatic carbocycles. The molecule has 2 rings (SSSR count). The summed E-state index contributed by atoms with van der Waals surface area (Å²) in [6.07, 6.45) is 1.37. The number of hydrogen-bond donors (Lipinski definition) is 1. The van der Waals surface area contributed by atoms with E-state index in [1.54, 1.807) is 0 Å². The molecule has 1 saturated carbocycles. The first-order chi connectivity index (χ1) is 10.0. The lowest BCUT2D eigenvalue weighted by atomic mass is 9.74. The molecule has 0 aromatic rings. The first kappa shape index (κ1) is 17.1. The topological polar surface area (TPSA) is 21.3 Å². The van der Waals surface area contributed by atoms with E-state index in [-0.39, 0.29) is 12.0 Å². The number of hydrogen-bond acceptors (Lipinski definition) is 2. The molecule has 5 heteroatoms. The largest absolute Gasteiger partial charge is 0.391 e. The SMILES string of the molecule is CCNC(CC1CCOCC1)C1CCCC(C(F)(F)F)C1.